The lowest BCUT2D eigenvalue weighted by Crippen LogP contribution is -2.21. The molecule has 0 aliphatic rings. The van der Waals surface area contributed by atoms with Crippen LogP contribution in [-0.2, 0) is 0 Å². The fraction of sp³-hybridized carbons (Fsp3) is 0.176. The van der Waals surface area contributed by atoms with Crippen LogP contribution in [0, 0.1) is 0 Å². The number of rotatable bonds is 5. The largest absolute Gasteiger partial charge is 0.378 e. The molecule has 0 bridgehead atoms. The number of aromatic nitrogens is 6. The number of hydrogen-bond donors (Lipinski definition) is 3. The minimum Gasteiger partial charge on any atom is -0.378 e. The molecule has 11 heteroatoms. The average Bonchev–Trinajstić information content (AvgIpc) is 3.39. The highest BCUT2D eigenvalue weighted by Crippen LogP contribution is 2.22. The van der Waals surface area contributed by atoms with Crippen molar-refractivity contribution < 1.29 is 9.42 Å². The summed E-state index contributed by atoms with van der Waals surface area (Å²) in [6.45, 7) is 3.79. The van der Waals surface area contributed by atoms with Crippen LogP contribution in [0.3, 0.4) is 0 Å². The number of carbonyl (C=O) groups excluding carboxylic acids is 1. The van der Waals surface area contributed by atoms with Crippen LogP contribution >= 0.6 is 0 Å². The van der Waals surface area contributed by atoms with Gasteiger partial charge in [0.25, 0.3) is 5.91 Å². The monoisotopic (exact) mass is 379 g/mol. The van der Waals surface area contributed by atoms with Crippen LogP contribution in [0.4, 0.5) is 5.82 Å². The molecule has 3 aromatic heterocycles. The van der Waals surface area contributed by atoms with E-state index in [1.807, 2.05) is 44.3 Å². The minimum absolute atomic E-state index is 0.0520. The van der Waals surface area contributed by atoms with Gasteiger partial charge in [0, 0.05) is 22.7 Å². The summed E-state index contributed by atoms with van der Waals surface area (Å²) in [5.41, 5.74) is 10.7. The zero-order valence-electron chi connectivity index (χ0n) is 15.1. The molecule has 0 fully saturated rings. The second kappa shape index (κ2) is 6.95. The Hall–Kier alpha value is -4.02. The van der Waals surface area contributed by atoms with Gasteiger partial charge in [0.2, 0.25) is 11.6 Å². The molecule has 1 amide bonds. The molecule has 4 N–H and O–H groups in total. The van der Waals surface area contributed by atoms with E-state index in [-0.39, 0.29) is 23.2 Å². The van der Waals surface area contributed by atoms with Gasteiger partial charge in [0.15, 0.2) is 5.69 Å². The number of nitrogens with zero attached hydrogens (tertiary/aromatic N) is 6. The van der Waals surface area contributed by atoms with Gasteiger partial charge in [0.05, 0.1) is 11.9 Å². The fourth-order valence-corrected chi connectivity index (χ4v) is 2.88. The third kappa shape index (κ3) is 2.98. The van der Waals surface area contributed by atoms with Gasteiger partial charge < -0.3 is 10.7 Å². The molecule has 0 unspecified atom stereocenters. The lowest BCUT2D eigenvalue weighted by molar-refractivity contribution is 0.0948. The van der Waals surface area contributed by atoms with E-state index in [0.717, 1.165) is 16.5 Å². The van der Waals surface area contributed by atoms with E-state index in [1.54, 1.807) is 6.21 Å². The van der Waals surface area contributed by atoms with Gasteiger partial charge in [-0.05, 0) is 22.3 Å². The molecule has 0 saturated carbocycles. The number of fused-ring (bicyclic) bond motifs is 1. The molecule has 0 saturated heterocycles. The Kier molecular flexibility index (Phi) is 4.32. The molecule has 4 rings (SSSR count). The maximum Gasteiger partial charge on any atom is 0.293 e. The Labute approximate surface area is 158 Å². The molecule has 28 heavy (non-hydrogen) atoms. The van der Waals surface area contributed by atoms with E-state index in [0.29, 0.717) is 5.69 Å². The van der Waals surface area contributed by atoms with E-state index in [1.165, 1.54) is 4.68 Å². The Morgan fingerprint density at radius 2 is 2.18 bits per heavy atom. The number of nitrogens with two attached hydrogens (primary N) is 1. The number of nitrogen functional groups attached to an aromatic ring is 1. The summed E-state index contributed by atoms with van der Waals surface area (Å²) in [5.74, 6) is -0.362. The topological polar surface area (TPSA) is 153 Å². The number of hydrazone groups is 1. The number of benzene rings is 1. The van der Waals surface area contributed by atoms with E-state index in [4.69, 9.17) is 5.73 Å². The van der Waals surface area contributed by atoms with Crippen LogP contribution < -0.4 is 11.2 Å². The zero-order valence-corrected chi connectivity index (χ0v) is 15.1. The molecule has 0 spiro atoms. The van der Waals surface area contributed by atoms with Gasteiger partial charge >= 0.3 is 0 Å². The van der Waals surface area contributed by atoms with Crippen LogP contribution in [0.15, 0.2) is 40.2 Å². The van der Waals surface area contributed by atoms with Gasteiger partial charge in [0.1, 0.15) is 0 Å². The van der Waals surface area contributed by atoms with E-state index >= 15 is 0 Å². The molecule has 0 aliphatic heterocycles. The van der Waals surface area contributed by atoms with Crippen molar-refractivity contribution in [2.75, 3.05) is 5.73 Å². The van der Waals surface area contributed by atoms with Crippen LogP contribution in [0.1, 0.15) is 41.5 Å². The highest BCUT2D eigenvalue weighted by atomic mass is 16.6. The third-order valence-electron chi connectivity index (χ3n) is 4.15. The van der Waals surface area contributed by atoms with E-state index < -0.39 is 5.91 Å². The smallest absolute Gasteiger partial charge is 0.293 e. The summed E-state index contributed by atoms with van der Waals surface area (Å²) in [7, 11) is 0. The first-order chi connectivity index (χ1) is 13.6. The Morgan fingerprint density at radius 1 is 1.36 bits per heavy atom. The zero-order chi connectivity index (χ0) is 19.7. The second-order valence-corrected chi connectivity index (χ2v) is 6.35. The molecule has 0 aliphatic carbocycles. The summed E-state index contributed by atoms with van der Waals surface area (Å²) in [6, 6.07) is 7.80. The van der Waals surface area contributed by atoms with Crippen LogP contribution in [0.5, 0.6) is 0 Å². The first-order valence-electron chi connectivity index (χ1n) is 8.49. The average molecular weight is 379 g/mol. The highest BCUT2D eigenvalue weighted by molar-refractivity contribution is 6.00. The number of hydrogen-bond acceptors (Lipinski definition) is 8. The molecule has 3 heterocycles. The number of anilines is 1. The SMILES string of the molecule is CC(C)c1c(C(=O)N/N=C/c2c[nH]c3ccccc23)nnn1-c1nonc1N. The van der Waals surface area contributed by atoms with Crippen molar-refractivity contribution in [3.05, 3.63) is 47.4 Å². The summed E-state index contributed by atoms with van der Waals surface area (Å²) in [4.78, 5) is 15.7. The van der Waals surface area contributed by atoms with Crippen molar-refractivity contribution in [1.29, 1.82) is 0 Å². The summed E-state index contributed by atoms with van der Waals surface area (Å²) >= 11 is 0. The van der Waals surface area contributed by atoms with E-state index in [9.17, 15) is 4.79 Å². The van der Waals surface area contributed by atoms with Gasteiger partial charge in [-0.15, -0.1) is 5.10 Å². The first kappa shape index (κ1) is 17.4. The maximum absolute atomic E-state index is 12.6. The summed E-state index contributed by atoms with van der Waals surface area (Å²) in [5, 5.41) is 20.2. The van der Waals surface area contributed by atoms with Crippen LogP contribution in [0.25, 0.3) is 16.7 Å². The Balaban J connectivity index is 1.58. The number of carbonyl (C=O) groups is 1. The molecule has 0 atom stereocenters. The van der Waals surface area contributed by atoms with Gasteiger partial charge in [-0.25, -0.2) is 10.1 Å². The van der Waals surface area contributed by atoms with Gasteiger partial charge in [-0.1, -0.05) is 37.3 Å². The lowest BCUT2D eigenvalue weighted by Gasteiger charge is -2.08. The van der Waals surface area contributed by atoms with Crippen molar-refractivity contribution in [3.63, 3.8) is 0 Å². The highest BCUT2D eigenvalue weighted by Gasteiger charge is 2.25. The standard InChI is InChI=1S/C17H17N9O2/c1-9(2)14-13(21-25-26(14)16-15(18)23-28-24-16)17(27)22-20-8-10-7-19-12-6-4-3-5-11(10)12/h3-9,19H,1-2H3,(H2,18,23)(H,22,27)/b20-8+. The predicted octanol–water partition coefficient (Wildman–Crippen LogP) is 1.60. The number of nitrogens with one attached hydrogen (secondary N) is 2. The van der Waals surface area contributed by atoms with Gasteiger partial charge in [-0.2, -0.15) is 9.78 Å². The number of H-pyrrole nitrogens is 1. The van der Waals surface area contributed by atoms with Crippen molar-refractivity contribution >= 4 is 28.8 Å². The summed E-state index contributed by atoms with van der Waals surface area (Å²) in [6.07, 6.45) is 3.38. The predicted molar refractivity (Wildman–Crippen MR) is 101 cm³/mol. The molecule has 0 radical (unpaired) electrons. The number of amides is 1. The normalized spacial score (nSPS) is 11.7. The first-order valence-corrected chi connectivity index (χ1v) is 8.49. The van der Waals surface area contributed by atoms with Crippen molar-refractivity contribution in [2.24, 2.45) is 5.10 Å². The molecule has 1 aromatic carbocycles. The van der Waals surface area contributed by atoms with Gasteiger partial charge in [-0.3, -0.25) is 4.79 Å². The molecular weight excluding hydrogens is 362 g/mol. The third-order valence-corrected chi connectivity index (χ3v) is 4.15. The van der Waals surface area contributed by atoms with Crippen LogP contribution in [0.2, 0.25) is 0 Å². The fourth-order valence-electron chi connectivity index (χ4n) is 2.88. The lowest BCUT2D eigenvalue weighted by atomic mass is 10.1. The minimum atomic E-state index is -0.499. The maximum atomic E-state index is 12.6. The summed E-state index contributed by atoms with van der Waals surface area (Å²) < 4.78 is 5.95. The molecule has 142 valence electrons. The molecular formula is C17H17N9O2. The van der Waals surface area contributed by atoms with Crippen LogP contribution in [-0.4, -0.2) is 42.4 Å². The quantitative estimate of drug-likeness (QED) is 0.351. The van der Waals surface area contributed by atoms with Crippen molar-refractivity contribution in [3.8, 4) is 5.82 Å². The number of aromatic amines is 1. The Bertz CT molecular complexity index is 1170. The molecule has 11 nitrogen and oxygen atoms in total. The van der Waals surface area contributed by atoms with Crippen molar-refractivity contribution in [1.82, 2.24) is 35.7 Å². The Morgan fingerprint density at radius 3 is 2.93 bits per heavy atom. The van der Waals surface area contributed by atoms with Crippen molar-refractivity contribution in [2.45, 2.75) is 19.8 Å². The molecule has 4 aromatic rings. The van der Waals surface area contributed by atoms with E-state index in [2.05, 4.69) is 40.8 Å². The number of para-hydroxylation sites is 1. The second-order valence-electron chi connectivity index (χ2n) is 6.35.